The Kier molecular flexibility index (Phi) is 4.89. The van der Waals surface area contributed by atoms with Crippen molar-refractivity contribution in [3.63, 3.8) is 0 Å². The molecule has 148 valence electrons. The lowest BCUT2D eigenvalue weighted by Crippen LogP contribution is -2.40. The number of ketones is 1. The van der Waals surface area contributed by atoms with Gasteiger partial charge in [-0.05, 0) is 12.1 Å². The van der Waals surface area contributed by atoms with Crippen molar-refractivity contribution in [3.05, 3.63) is 83.4 Å². The highest BCUT2D eigenvalue weighted by Crippen LogP contribution is 2.48. The molecule has 1 heterocycles. The summed E-state index contributed by atoms with van der Waals surface area (Å²) < 4.78 is 22.6. The number of benzene rings is 3. The molecular formula is C24H22O5. The van der Waals surface area contributed by atoms with Crippen LogP contribution >= 0.6 is 0 Å². The number of carbonyl (C=O) groups excluding carboxylic acids is 1. The van der Waals surface area contributed by atoms with Gasteiger partial charge in [-0.15, -0.1) is 0 Å². The summed E-state index contributed by atoms with van der Waals surface area (Å²) in [6.07, 6.45) is 0.357. The molecule has 1 atom stereocenters. The first-order valence-electron chi connectivity index (χ1n) is 9.29. The first-order chi connectivity index (χ1) is 14.1. The topological polar surface area (TPSA) is 54.0 Å². The predicted octanol–water partition coefficient (Wildman–Crippen LogP) is 4.43. The van der Waals surface area contributed by atoms with Crippen LogP contribution in [-0.2, 0) is 12.0 Å². The van der Waals surface area contributed by atoms with E-state index in [4.69, 9.17) is 18.9 Å². The second-order valence-corrected chi connectivity index (χ2v) is 6.84. The third-order valence-corrected chi connectivity index (χ3v) is 5.27. The quantitative estimate of drug-likeness (QED) is 0.583. The van der Waals surface area contributed by atoms with Crippen molar-refractivity contribution < 1.29 is 23.7 Å². The number of carbonyl (C=O) groups is 1. The Morgan fingerprint density at radius 1 is 0.862 bits per heavy atom. The summed E-state index contributed by atoms with van der Waals surface area (Å²) in [6.45, 7) is 0. The third-order valence-electron chi connectivity index (χ3n) is 5.27. The minimum Gasteiger partial charge on any atom is -0.497 e. The molecule has 0 bridgehead atoms. The number of methoxy groups -OCH3 is 3. The summed E-state index contributed by atoms with van der Waals surface area (Å²) in [5, 5.41) is 0. The Balaban J connectivity index is 1.87. The Morgan fingerprint density at radius 3 is 2.17 bits per heavy atom. The van der Waals surface area contributed by atoms with Crippen molar-refractivity contribution in [2.24, 2.45) is 0 Å². The predicted molar refractivity (Wildman–Crippen MR) is 109 cm³/mol. The summed E-state index contributed by atoms with van der Waals surface area (Å²) in [5.41, 5.74) is 0.982. The van der Waals surface area contributed by atoms with Gasteiger partial charge in [0.25, 0.3) is 0 Å². The van der Waals surface area contributed by atoms with Crippen molar-refractivity contribution in [1.29, 1.82) is 0 Å². The molecule has 1 unspecified atom stereocenters. The van der Waals surface area contributed by atoms with Gasteiger partial charge in [0.05, 0.1) is 21.3 Å². The first-order valence-corrected chi connectivity index (χ1v) is 9.29. The Hall–Kier alpha value is -3.47. The van der Waals surface area contributed by atoms with Gasteiger partial charge in [-0.2, -0.15) is 0 Å². The number of hydrogen-bond acceptors (Lipinski definition) is 5. The average molecular weight is 390 g/mol. The van der Waals surface area contributed by atoms with Crippen LogP contribution in [0.2, 0.25) is 0 Å². The molecule has 1 aliphatic heterocycles. The van der Waals surface area contributed by atoms with E-state index in [2.05, 4.69) is 0 Å². The molecule has 0 aliphatic carbocycles. The highest BCUT2D eigenvalue weighted by atomic mass is 16.5. The molecule has 0 saturated heterocycles. The third kappa shape index (κ3) is 3.18. The molecule has 0 fully saturated rings. The van der Waals surface area contributed by atoms with Crippen LogP contribution in [0, 0.1) is 0 Å². The number of fused-ring (bicyclic) bond motifs is 1. The molecule has 3 aromatic carbocycles. The van der Waals surface area contributed by atoms with E-state index in [0.717, 1.165) is 11.1 Å². The normalized spacial score (nSPS) is 17.2. The van der Waals surface area contributed by atoms with Crippen molar-refractivity contribution in [2.75, 3.05) is 21.3 Å². The number of Topliss-reactive ketones (excluding diaryl/α,β-unsaturated/α-hetero) is 1. The Morgan fingerprint density at radius 2 is 1.55 bits per heavy atom. The van der Waals surface area contributed by atoms with Crippen molar-refractivity contribution in [1.82, 2.24) is 0 Å². The van der Waals surface area contributed by atoms with Gasteiger partial charge in [-0.3, -0.25) is 4.79 Å². The van der Waals surface area contributed by atoms with E-state index in [0.29, 0.717) is 35.0 Å². The molecule has 0 spiro atoms. The van der Waals surface area contributed by atoms with Gasteiger partial charge in [0.15, 0.2) is 0 Å². The molecular weight excluding hydrogens is 368 g/mol. The number of rotatable bonds is 6. The minimum absolute atomic E-state index is 0.111. The van der Waals surface area contributed by atoms with Crippen LogP contribution in [-0.4, -0.2) is 27.1 Å². The first kappa shape index (κ1) is 18.9. The number of ether oxygens (including phenoxy) is 4. The average Bonchev–Trinajstić information content (AvgIpc) is 3.19. The summed E-state index contributed by atoms with van der Waals surface area (Å²) in [7, 11) is 4.79. The zero-order chi connectivity index (χ0) is 20.4. The lowest BCUT2D eigenvalue weighted by Gasteiger charge is -2.28. The highest BCUT2D eigenvalue weighted by molar-refractivity contribution is 6.04. The molecule has 5 heteroatoms. The maximum Gasteiger partial charge on any atom is 0.211 e. The van der Waals surface area contributed by atoms with Gasteiger partial charge in [0, 0.05) is 35.2 Å². The van der Waals surface area contributed by atoms with E-state index < -0.39 is 5.60 Å². The van der Waals surface area contributed by atoms with E-state index in [-0.39, 0.29) is 5.78 Å². The van der Waals surface area contributed by atoms with Gasteiger partial charge in [0.1, 0.15) is 23.0 Å². The molecule has 0 amide bonds. The minimum atomic E-state index is -1.20. The molecule has 0 radical (unpaired) electrons. The van der Waals surface area contributed by atoms with E-state index in [1.165, 1.54) is 0 Å². The standard InChI is InChI=1S/C24H22O5/c1-26-18-11-9-17(10-12-18)24(23(25)16-7-5-4-6-8-16)15-20-21(28-3)13-19(27-2)14-22(20)29-24/h4-14H,15H2,1-3H3. The largest absolute Gasteiger partial charge is 0.497 e. The fraction of sp³-hybridized carbons (Fsp3) is 0.208. The molecule has 0 saturated carbocycles. The Bertz CT molecular complexity index is 1030. The maximum absolute atomic E-state index is 13.7. The summed E-state index contributed by atoms with van der Waals surface area (Å²) in [6, 6.07) is 20.2. The van der Waals surface area contributed by atoms with E-state index in [1.54, 1.807) is 45.6 Å². The van der Waals surface area contributed by atoms with E-state index >= 15 is 0 Å². The van der Waals surface area contributed by atoms with Crippen LogP contribution < -0.4 is 18.9 Å². The van der Waals surface area contributed by atoms with E-state index in [9.17, 15) is 4.79 Å². The van der Waals surface area contributed by atoms with E-state index in [1.807, 2.05) is 42.5 Å². The van der Waals surface area contributed by atoms with Crippen LogP contribution in [0.1, 0.15) is 21.5 Å². The molecule has 3 aromatic rings. The second-order valence-electron chi connectivity index (χ2n) is 6.84. The van der Waals surface area contributed by atoms with Crippen LogP contribution in [0.15, 0.2) is 66.7 Å². The summed E-state index contributed by atoms with van der Waals surface area (Å²) >= 11 is 0. The summed E-state index contributed by atoms with van der Waals surface area (Å²) in [4.78, 5) is 13.7. The molecule has 5 nitrogen and oxygen atoms in total. The van der Waals surface area contributed by atoms with Crippen molar-refractivity contribution in [3.8, 4) is 23.0 Å². The van der Waals surface area contributed by atoms with Crippen molar-refractivity contribution in [2.45, 2.75) is 12.0 Å². The zero-order valence-electron chi connectivity index (χ0n) is 16.6. The zero-order valence-corrected chi connectivity index (χ0v) is 16.6. The monoisotopic (exact) mass is 390 g/mol. The van der Waals surface area contributed by atoms with Gasteiger partial charge in [-0.1, -0.05) is 42.5 Å². The van der Waals surface area contributed by atoms with Gasteiger partial charge in [-0.25, -0.2) is 0 Å². The van der Waals surface area contributed by atoms with Crippen LogP contribution in [0.3, 0.4) is 0 Å². The fourth-order valence-corrected chi connectivity index (χ4v) is 3.74. The maximum atomic E-state index is 13.7. The SMILES string of the molecule is COc1ccc(C2(C(=O)c3ccccc3)Cc3c(OC)cc(OC)cc3O2)cc1. The summed E-state index contributed by atoms with van der Waals surface area (Å²) in [5.74, 6) is 2.43. The molecule has 29 heavy (non-hydrogen) atoms. The lowest BCUT2D eigenvalue weighted by molar-refractivity contribution is 0.0524. The molecule has 1 aliphatic rings. The molecule has 0 N–H and O–H groups in total. The molecule has 0 aromatic heterocycles. The second kappa shape index (κ2) is 7.51. The smallest absolute Gasteiger partial charge is 0.211 e. The van der Waals surface area contributed by atoms with Gasteiger partial charge in [0.2, 0.25) is 11.4 Å². The fourth-order valence-electron chi connectivity index (χ4n) is 3.74. The highest BCUT2D eigenvalue weighted by Gasteiger charge is 2.49. The molecule has 4 rings (SSSR count). The van der Waals surface area contributed by atoms with Crippen LogP contribution in [0.4, 0.5) is 0 Å². The van der Waals surface area contributed by atoms with Gasteiger partial charge < -0.3 is 18.9 Å². The van der Waals surface area contributed by atoms with Crippen LogP contribution in [0.25, 0.3) is 0 Å². The Labute approximate surface area is 169 Å². The van der Waals surface area contributed by atoms with Crippen LogP contribution in [0.5, 0.6) is 23.0 Å². The number of hydrogen-bond donors (Lipinski definition) is 0. The van der Waals surface area contributed by atoms with Crippen molar-refractivity contribution >= 4 is 5.78 Å². The lowest BCUT2D eigenvalue weighted by atomic mass is 9.82. The van der Waals surface area contributed by atoms with Gasteiger partial charge >= 0.3 is 0 Å².